The first kappa shape index (κ1) is 30.7. The molecule has 0 aromatic carbocycles. The molecule has 3 atom stereocenters. The largest absolute Gasteiger partial charge is 0.442 e. The summed E-state index contributed by atoms with van der Waals surface area (Å²) in [5.74, 6) is 2.05. The van der Waals surface area contributed by atoms with E-state index in [9.17, 15) is 18.4 Å². The zero-order valence-corrected chi connectivity index (χ0v) is 26.2. The second kappa shape index (κ2) is 11.9. The number of hydrogen-bond acceptors (Lipinski definition) is 6. The molecule has 10 heteroatoms. The number of ether oxygens (including phenoxy) is 2. The number of alkyl halides is 2. The molecule has 1 aromatic rings. The predicted octanol–water partition coefficient (Wildman–Crippen LogP) is 5.62. The Balaban J connectivity index is 1.06. The average Bonchev–Trinajstić information content (AvgIpc) is 3.37. The van der Waals surface area contributed by atoms with Crippen LogP contribution in [0.2, 0.25) is 0 Å². The topological polar surface area (TPSA) is 75.2 Å². The number of piperidine rings is 2. The van der Waals surface area contributed by atoms with E-state index >= 15 is 0 Å². The van der Waals surface area contributed by atoms with Crippen molar-refractivity contribution in [2.45, 2.75) is 90.2 Å². The van der Waals surface area contributed by atoms with Gasteiger partial charge in [-0.1, -0.05) is 19.8 Å². The van der Waals surface area contributed by atoms with Gasteiger partial charge in [0.25, 0.3) is 12.3 Å². The third kappa shape index (κ3) is 5.78. The van der Waals surface area contributed by atoms with Crippen LogP contribution in [0.5, 0.6) is 0 Å². The normalized spacial score (nSPS) is 30.1. The second-order valence-corrected chi connectivity index (χ2v) is 14.1. The molecule has 2 amide bonds. The maximum Gasteiger partial charge on any atom is 0.410 e. The van der Waals surface area contributed by atoms with E-state index in [0.29, 0.717) is 53.6 Å². The Morgan fingerprint density at radius 2 is 1.77 bits per heavy atom. The lowest BCUT2D eigenvalue weighted by molar-refractivity contribution is -0.133. The number of aryl methyl sites for hydroxylation is 2. The summed E-state index contributed by atoms with van der Waals surface area (Å²) >= 11 is 0. The summed E-state index contributed by atoms with van der Waals surface area (Å²) in [6, 6.07) is 1.33. The van der Waals surface area contributed by atoms with Crippen molar-refractivity contribution in [1.82, 2.24) is 19.7 Å². The molecule has 5 fully saturated rings. The Morgan fingerprint density at radius 3 is 2.37 bits per heavy atom. The first-order chi connectivity index (χ1) is 20.5. The molecule has 8 nitrogen and oxygen atoms in total. The van der Waals surface area contributed by atoms with Gasteiger partial charge in [-0.3, -0.25) is 14.7 Å². The zero-order valence-electron chi connectivity index (χ0n) is 26.2. The lowest BCUT2D eigenvalue weighted by atomic mass is 9.74. The maximum atomic E-state index is 13.4. The molecule has 238 valence electrons. The Bertz CT molecular complexity index is 1180. The molecule has 3 unspecified atom stereocenters. The van der Waals surface area contributed by atoms with Crippen molar-refractivity contribution in [3.8, 4) is 0 Å². The van der Waals surface area contributed by atoms with Gasteiger partial charge in [-0.2, -0.15) is 0 Å². The van der Waals surface area contributed by atoms with E-state index in [-0.39, 0.29) is 28.8 Å². The van der Waals surface area contributed by atoms with Crippen LogP contribution in [0.1, 0.15) is 92.5 Å². The van der Waals surface area contributed by atoms with Gasteiger partial charge in [-0.05, 0) is 69.4 Å². The quantitative estimate of drug-likeness (QED) is 0.385. The number of hydrogen-bond donors (Lipinski definition) is 0. The van der Waals surface area contributed by atoms with Crippen molar-refractivity contribution in [2.24, 2.45) is 23.7 Å². The molecule has 4 aliphatic heterocycles. The van der Waals surface area contributed by atoms with E-state index in [1.54, 1.807) is 13.8 Å². The third-order valence-corrected chi connectivity index (χ3v) is 11.6. The third-order valence-electron chi connectivity index (χ3n) is 11.6. The van der Waals surface area contributed by atoms with Crippen molar-refractivity contribution >= 4 is 12.0 Å². The number of likely N-dealkylation sites (tertiary alicyclic amines) is 2. The number of unbranched alkanes of at least 4 members (excludes halogenated alkanes) is 1. The molecule has 0 N–H and O–H groups in total. The van der Waals surface area contributed by atoms with Gasteiger partial charge in [-0.25, -0.2) is 13.6 Å². The van der Waals surface area contributed by atoms with Crippen LogP contribution in [0.4, 0.5) is 13.6 Å². The SMILES string of the molecule is CCCCC1CN(CC2C3COCC32)C(=O)OC12CCN(C1(C)CCN(C(=O)c3c(C)cc(C(F)F)nc3C)CC1)CC2. The van der Waals surface area contributed by atoms with Gasteiger partial charge in [0.15, 0.2) is 0 Å². The number of amides is 2. The van der Waals surface area contributed by atoms with E-state index in [1.165, 1.54) is 6.07 Å². The number of carbonyl (C=O) groups excluding carboxylic acids is 2. The fourth-order valence-corrected chi connectivity index (χ4v) is 8.56. The number of pyridine rings is 1. The summed E-state index contributed by atoms with van der Waals surface area (Å²) in [5, 5.41) is 0. The van der Waals surface area contributed by atoms with Gasteiger partial charge in [0.05, 0.1) is 24.5 Å². The highest BCUT2D eigenvalue weighted by Gasteiger charge is 2.57. The molecule has 0 radical (unpaired) electrons. The molecule has 1 saturated carbocycles. The van der Waals surface area contributed by atoms with Gasteiger partial charge in [0.1, 0.15) is 11.3 Å². The molecule has 0 bridgehead atoms. The highest BCUT2D eigenvalue weighted by molar-refractivity contribution is 5.96. The predicted molar refractivity (Wildman–Crippen MR) is 158 cm³/mol. The highest BCUT2D eigenvalue weighted by Crippen LogP contribution is 2.52. The lowest BCUT2D eigenvalue weighted by Gasteiger charge is -2.55. The number of fused-ring (bicyclic) bond motifs is 1. The Hall–Kier alpha value is -2.33. The van der Waals surface area contributed by atoms with E-state index in [4.69, 9.17) is 9.47 Å². The molecule has 5 aliphatic rings. The summed E-state index contributed by atoms with van der Waals surface area (Å²) in [7, 11) is 0. The second-order valence-electron chi connectivity index (χ2n) is 14.1. The molecule has 5 heterocycles. The molecule has 6 rings (SSSR count). The Morgan fingerprint density at radius 1 is 1.09 bits per heavy atom. The van der Waals surface area contributed by atoms with Crippen LogP contribution in [0, 0.1) is 37.5 Å². The van der Waals surface area contributed by atoms with Crippen LogP contribution in [0.15, 0.2) is 6.07 Å². The Kier molecular flexibility index (Phi) is 8.48. The number of carbonyl (C=O) groups is 2. The van der Waals surface area contributed by atoms with Crippen LogP contribution in [-0.4, -0.2) is 95.3 Å². The molecule has 4 saturated heterocycles. The van der Waals surface area contributed by atoms with Crippen molar-refractivity contribution in [3.63, 3.8) is 0 Å². The fourth-order valence-electron chi connectivity index (χ4n) is 8.56. The monoisotopic (exact) mass is 602 g/mol. The maximum absolute atomic E-state index is 13.4. The molecule has 43 heavy (non-hydrogen) atoms. The van der Waals surface area contributed by atoms with Gasteiger partial charge in [0.2, 0.25) is 0 Å². The minimum Gasteiger partial charge on any atom is -0.442 e. The number of rotatable bonds is 8. The molecular formula is C33H48F2N4O4. The van der Waals surface area contributed by atoms with Crippen LogP contribution < -0.4 is 0 Å². The first-order valence-corrected chi connectivity index (χ1v) is 16.4. The van der Waals surface area contributed by atoms with Crippen LogP contribution in [-0.2, 0) is 9.47 Å². The van der Waals surface area contributed by atoms with Crippen LogP contribution in [0.3, 0.4) is 0 Å². The number of nitrogens with zero attached hydrogens (tertiary/aromatic N) is 4. The van der Waals surface area contributed by atoms with E-state index in [2.05, 4.69) is 23.7 Å². The van der Waals surface area contributed by atoms with Crippen molar-refractivity contribution < 1.29 is 27.8 Å². The van der Waals surface area contributed by atoms with Crippen LogP contribution >= 0.6 is 0 Å². The molecule has 1 aliphatic carbocycles. The van der Waals surface area contributed by atoms with E-state index in [1.807, 2.05) is 9.80 Å². The Labute approximate surface area is 254 Å². The van der Waals surface area contributed by atoms with Gasteiger partial charge < -0.3 is 19.3 Å². The highest BCUT2D eigenvalue weighted by atomic mass is 19.3. The minimum absolute atomic E-state index is 0.0459. The molecule has 1 aromatic heterocycles. The fraction of sp³-hybridized carbons (Fsp3) is 0.788. The molecular weight excluding hydrogens is 554 g/mol. The summed E-state index contributed by atoms with van der Waals surface area (Å²) < 4.78 is 38.4. The van der Waals surface area contributed by atoms with Crippen molar-refractivity contribution in [1.29, 1.82) is 0 Å². The standard InChI is InChI=1S/C33H48F2N4O4/c1-5-6-7-23-17-38(18-24-25-19-42-20-26(24)25)31(41)43-33(23)10-14-39(15-11-33)32(4)8-12-37(13-9-32)30(40)28-21(2)16-27(29(34)35)36-22(28)3/h16,23-26,29H,5-15,17-20H2,1-4H3. The van der Waals surface area contributed by atoms with Crippen molar-refractivity contribution in [2.75, 3.05) is 52.5 Å². The van der Waals surface area contributed by atoms with Crippen molar-refractivity contribution in [3.05, 3.63) is 28.6 Å². The minimum atomic E-state index is -2.66. The van der Waals surface area contributed by atoms with Crippen LogP contribution in [0.25, 0.3) is 0 Å². The number of halogens is 2. The zero-order chi connectivity index (χ0) is 30.5. The average molecular weight is 603 g/mol. The number of aromatic nitrogens is 1. The van der Waals surface area contributed by atoms with Gasteiger partial charge in [-0.15, -0.1) is 0 Å². The summed E-state index contributed by atoms with van der Waals surface area (Å²) in [4.78, 5) is 37.2. The summed E-state index contributed by atoms with van der Waals surface area (Å²) in [6.45, 7) is 14.1. The molecule has 1 spiro atoms. The summed E-state index contributed by atoms with van der Waals surface area (Å²) in [5.41, 5.74) is 0.639. The smallest absolute Gasteiger partial charge is 0.410 e. The van der Waals surface area contributed by atoms with Gasteiger partial charge in [0, 0.05) is 63.6 Å². The summed E-state index contributed by atoms with van der Waals surface area (Å²) in [6.07, 6.45) is 3.95. The van der Waals surface area contributed by atoms with Gasteiger partial charge >= 0.3 is 6.09 Å². The van der Waals surface area contributed by atoms with E-state index in [0.717, 1.165) is 84.3 Å². The lowest BCUT2D eigenvalue weighted by Crippen LogP contribution is -2.63. The van der Waals surface area contributed by atoms with E-state index < -0.39 is 6.43 Å². The first-order valence-electron chi connectivity index (χ1n) is 16.4.